The molecule has 0 atom stereocenters. The lowest BCUT2D eigenvalue weighted by Gasteiger charge is -2.10. The van der Waals surface area contributed by atoms with Crippen LogP contribution in [0.4, 0.5) is 11.4 Å². The summed E-state index contributed by atoms with van der Waals surface area (Å²) < 4.78 is 0. The lowest BCUT2D eigenvalue weighted by molar-refractivity contribution is -0.133. The second kappa shape index (κ2) is 8.71. The second-order valence-electron chi connectivity index (χ2n) is 5.86. The third-order valence-corrected chi connectivity index (χ3v) is 3.91. The van der Waals surface area contributed by atoms with E-state index in [1.165, 1.54) is 0 Å². The van der Waals surface area contributed by atoms with Crippen molar-refractivity contribution in [3.8, 4) is 0 Å². The van der Waals surface area contributed by atoms with Crippen LogP contribution in [0.15, 0.2) is 58.5 Å². The first-order valence-corrected chi connectivity index (χ1v) is 8.54. The highest BCUT2D eigenvalue weighted by Crippen LogP contribution is 2.15. The van der Waals surface area contributed by atoms with Crippen molar-refractivity contribution in [1.29, 1.82) is 0 Å². The van der Waals surface area contributed by atoms with Crippen LogP contribution >= 0.6 is 0 Å². The Morgan fingerprint density at radius 3 is 1.54 bits per heavy atom. The monoisotopic (exact) mass is 348 g/mol. The van der Waals surface area contributed by atoms with Gasteiger partial charge in [-0.15, -0.1) is 0 Å². The minimum atomic E-state index is -0.732. The molecule has 0 bridgehead atoms. The van der Waals surface area contributed by atoms with Gasteiger partial charge in [-0.2, -0.15) is 0 Å². The number of fused-ring (bicyclic) bond motifs is 2. The summed E-state index contributed by atoms with van der Waals surface area (Å²) in [7, 11) is 0. The van der Waals surface area contributed by atoms with Crippen LogP contribution in [0.25, 0.3) is 0 Å². The van der Waals surface area contributed by atoms with Crippen LogP contribution in [0, 0.1) is 0 Å². The molecule has 6 heteroatoms. The number of benzene rings is 2. The lowest BCUT2D eigenvalue weighted by atomic mass is 10.1. The number of carbonyl (C=O) groups is 2. The number of nitrogens with zero attached hydrogens (tertiary/aromatic N) is 2. The number of amides is 2. The molecule has 1 aliphatic heterocycles. The van der Waals surface area contributed by atoms with Crippen molar-refractivity contribution in [2.75, 3.05) is 23.7 Å². The molecule has 0 radical (unpaired) electrons. The number of hydrogen-bond donors (Lipinski definition) is 2. The minimum absolute atomic E-state index is 0.554. The maximum Gasteiger partial charge on any atom is 0.314 e. The van der Waals surface area contributed by atoms with Crippen LogP contribution in [0.2, 0.25) is 0 Å². The van der Waals surface area contributed by atoms with E-state index in [1.54, 1.807) is 36.7 Å². The number of anilines is 2. The number of rotatable bonds is 0. The molecule has 6 nitrogen and oxygen atoms in total. The van der Waals surface area contributed by atoms with Crippen LogP contribution in [-0.4, -0.2) is 37.3 Å². The van der Waals surface area contributed by atoms with Gasteiger partial charge in [0.2, 0.25) is 0 Å². The average Bonchev–Trinajstić information content (AvgIpc) is 2.65. The normalized spacial score (nSPS) is 15.5. The van der Waals surface area contributed by atoms with Crippen molar-refractivity contribution in [2.45, 2.75) is 12.8 Å². The molecular weight excluding hydrogens is 328 g/mol. The lowest BCUT2D eigenvalue weighted by Crippen LogP contribution is -2.29. The zero-order chi connectivity index (χ0) is 18.2. The Hall–Kier alpha value is -3.28. The number of aliphatic imine (C=N–C) groups is 2. The molecule has 0 spiro atoms. The van der Waals surface area contributed by atoms with Gasteiger partial charge in [-0.05, 0) is 25.0 Å². The summed E-state index contributed by atoms with van der Waals surface area (Å²) in [6.07, 6.45) is 5.30. The van der Waals surface area contributed by atoms with E-state index < -0.39 is 11.8 Å². The van der Waals surface area contributed by atoms with Crippen molar-refractivity contribution in [3.63, 3.8) is 0 Å². The fourth-order valence-electron chi connectivity index (χ4n) is 2.54. The predicted molar refractivity (Wildman–Crippen MR) is 104 cm³/mol. The average molecular weight is 348 g/mol. The zero-order valence-corrected chi connectivity index (χ0v) is 14.3. The molecule has 0 aliphatic carbocycles. The molecule has 0 saturated carbocycles. The summed E-state index contributed by atoms with van der Waals surface area (Å²) in [5.41, 5.74) is 2.63. The predicted octanol–water partition coefficient (Wildman–Crippen LogP) is 2.90. The summed E-state index contributed by atoms with van der Waals surface area (Å²) in [5, 5.41) is 5.29. The fraction of sp³-hybridized carbons (Fsp3) is 0.200. The van der Waals surface area contributed by atoms with Crippen LogP contribution in [-0.2, 0) is 9.59 Å². The third-order valence-electron chi connectivity index (χ3n) is 3.91. The summed E-state index contributed by atoms with van der Waals surface area (Å²) >= 11 is 0. The van der Waals surface area contributed by atoms with Gasteiger partial charge in [-0.1, -0.05) is 36.4 Å². The Balaban J connectivity index is 1.88. The van der Waals surface area contributed by atoms with Gasteiger partial charge in [0.25, 0.3) is 0 Å². The van der Waals surface area contributed by atoms with Gasteiger partial charge in [0.1, 0.15) is 0 Å². The van der Waals surface area contributed by atoms with Crippen molar-refractivity contribution in [3.05, 3.63) is 59.7 Å². The summed E-state index contributed by atoms with van der Waals surface area (Å²) in [4.78, 5) is 33.3. The first-order chi connectivity index (χ1) is 12.7. The number of hydrogen-bond acceptors (Lipinski definition) is 4. The van der Waals surface area contributed by atoms with E-state index >= 15 is 0 Å². The Bertz CT molecular complexity index is 787. The van der Waals surface area contributed by atoms with E-state index in [2.05, 4.69) is 20.6 Å². The van der Waals surface area contributed by atoms with E-state index in [0.717, 1.165) is 24.0 Å². The van der Waals surface area contributed by atoms with Gasteiger partial charge in [-0.25, -0.2) is 0 Å². The molecule has 2 N–H and O–H groups in total. The molecular formula is C20H20N4O2. The number of nitrogens with one attached hydrogen (secondary N) is 2. The molecule has 2 aromatic carbocycles. The van der Waals surface area contributed by atoms with Gasteiger partial charge in [0.05, 0.1) is 0 Å². The first kappa shape index (κ1) is 17.5. The molecule has 26 heavy (non-hydrogen) atoms. The standard InChI is InChI=1S/C20H20N4O2/c25-19-20(26)24-18-10-4-2-8-16(18)14-22-12-6-5-11-21-13-15-7-1-3-9-17(15)23-19/h1-4,7-10,13-14H,5-6,11-12H2,(H,23,25)(H,24,26). The molecule has 0 unspecified atom stereocenters. The van der Waals surface area contributed by atoms with Crippen molar-refractivity contribution in [1.82, 2.24) is 0 Å². The molecule has 1 heterocycles. The minimum Gasteiger partial charge on any atom is -0.317 e. The summed E-state index contributed by atoms with van der Waals surface area (Å²) in [6.45, 7) is 1.38. The fourth-order valence-corrected chi connectivity index (χ4v) is 2.54. The highest BCUT2D eigenvalue weighted by molar-refractivity contribution is 6.44. The highest BCUT2D eigenvalue weighted by atomic mass is 16.2. The Morgan fingerprint density at radius 1 is 0.654 bits per heavy atom. The van der Waals surface area contributed by atoms with Crippen LogP contribution < -0.4 is 10.6 Å². The van der Waals surface area contributed by atoms with Crippen molar-refractivity contribution in [2.24, 2.45) is 9.98 Å². The van der Waals surface area contributed by atoms with Crippen LogP contribution in [0.1, 0.15) is 24.0 Å². The zero-order valence-electron chi connectivity index (χ0n) is 14.3. The molecule has 0 fully saturated rings. The molecule has 0 saturated heterocycles. The van der Waals surface area contributed by atoms with E-state index in [9.17, 15) is 9.59 Å². The summed E-state index contributed by atoms with van der Waals surface area (Å²) in [6, 6.07) is 14.5. The largest absolute Gasteiger partial charge is 0.317 e. The number of carbonyl (C=O) groups excluding carboxylic acids is 2. The highest BCUT2D eigenvalue weighted by Gasteiger charge is 2.16. The molecule has 132 valence electrons. The van der Waals surface area contributed by atoms with E-state index in [-0.39, 0.29) is 0 Å². The van der Waals surface area contributed by atoms with Gasteiger partial charge >= 0.3 is 11.8 Å². The third kappa shape index (κ3) is 4.63. The van der Waals surface area contributed by atoms with Gasteiger partial charge in [0, 0.05) is 48.0 Å². The Kier molecular flexibility index (Phi) is 5.88. The molecule has 2 amide bonds. The van der Waals surface area contributed by atoms with Gasteiger partial charge in [-0.3, -0.25) is 19.6 Å². The second-order valence-corrected chi connectivity index (χ2v) is 5.86. The maximum absolute atomic E-state index is 12.3. The van der Waals surface area contributed by atoms with Crippen LogP contribution in [0.3, 0.4) is 0 Å². The first-order valence-electron chi connectivity index (χ1n) is 8.54. The quantitative estimate of drug-likeness (QED) is 0.718. The molecule has 0 aromatic heterocycles. The van der Waals surface area contributed by atoms with Crippen molar-refractivity contribution >= 4 is 35.6 Å². The van der Waals surface area contributed by atoms with Gasteiger partial charge in [0.15, 0.2) is 0 Å². The Labute approximate surface area is 152 Å². The number of para-hydroxylation sites is 2. The van der Waals surface area contributed by atoms with Crippen molar-refractivity contribution < 1.29 is 9.59 Å². The molecule has 3 rings (SSSR count). The maximum atomic E-state index is 12.3. The smallest absolute Gasteiger partial charge is 0.314 e. The van der Waals surface area contributed by atoms with E-state index in [4.69, 9.17) is 0 Å². The van der Waals surface area contributed by atoms with Gasteiger partial charge < -0.3 is 10.6 Å². The SMILES string of the molecule is O=C1Nc2ccccc2C=NCCCCN=Cc2ccccc2NC1=O. The topological polar surface area (TPSA) is 82.9 Å². The molecule has 2 aromatic rings. The van der Waals surface area contributed by atoms with Crippen LogP contribution in [0.5, 0.6) is 0 Å². The Morgan fingerprint density at radius 2 is 1.08 bits per heavy atom. The van der Waals surface area contributed by atoms with E-state index in [0.29, 0.717) is 24.5 Å². The van der Waals surface area contributed by atoms with E-state index in [1.807, 2.05) is 24.3 Å². The summed E-state index contributed by atoms with van der Waals surface area (Å²) in [5.74, 6) is -1.46. The molecule has 1 aliphatic rings.